The first kappa shape index (κ1) is 12.3. The molecule has 6 heteroatoms. The van der Waals surface area contributed by atoms with Crippen LogP contribution in [-0.2, 0) is 0 Å². The van der Waals surface area contributed by atoms with E-state index in [1.165, 1.54) is 0 Å². The van der Waals surface area contributed by atoms with E-state index in [1.54, 1.807) is 0 Å². The molecule has 0 bridgehead atoms. The molecule has 78 valence electrons. The summed E-state index contributed by atoms with van der Waals surface area (Å²) in [6.07, 6.45) is 0. The van der Waals surface area contributed by atoms with Gasteiger partial charge in [-0.25, -0.2) is 4.39 Å². The van der Waals surface area contributed by atoms with Crippen molar-refractivity contribution in [1.29, 1.82) is 0 Å². The van der Waals surface area contributed by atoms with Crippen LogP contribution in [0.4, 0.5) is 20.2 Å². The van der Waals surface area contributed by atoms with Gasteiger partial charge in [0.15, 0.2) is 0 Å². The number of nitro groups is 1. The quantitative estimate of drug-likeness (QED) is 0.434. The Balaban J connectivity index is 0.000000791. The molecule has 0 radical (unpaired) electrons. The van der Waals surface area contributed by atoms with Crippen molar-refractivity contribution in [3.8, 4) is 0 Å². The van der Waals surface area contributed by atoms with Gasteiger partial charge in [0.25, 0.3) is 0 Å². The minimum absolute atomic E-state index is 0.382. The van der Waals surface area contributed by atoms with E-state index >= 15 is 0 Å². The standard InChI is InChI=1S/C6H4F2N2O2.C2H6/c7-3-1-4(8)6(10(11)12)2-5(3)9;1-2/h1-2H,9H2;1-2H3. The van der Waals surface area contributed by atoms with E-state index in [1.807, 2.05) is 13.8 Å². The Hall–Kier alpha value is -1.72. The summed E-state index contributed by atoms with van der Waals surface area (Å²) < 4.78 is 25.0. The second kappa shape index (κ2) is 5.11. The molecule has 0 spiro atoms. The van der Waals surface area contributed by atoms with E-state index in [-0.39, 0.29) is 0 Å². The number of nitrogens with two attached hydrogens (primary N) is 1. The van der Waals surface area contributed by atoms with Gasteiger partial charge in [0.05, 0.1) is 10.6 Å². The van der Waals surface area contributed by atoms with Crippen molar-refractivity contribution < 1.29 is 13.7 Å². The fourth-order valence-corrected chi connectivity index (χ4v) is 0.694. The van der Waals surface area contributed by atoms with Gasteiger partial charge in [-0.1, -0.05) is 13.8 Å². The number of nitro benzene ring substituents is 1. The van der Waals surface area contributed by atoms with Gasteiger partial charge in [0, 0.05) is 12.1 Å². The van der Waals surface area contributed by atoms with Crippen LogP contribution in [0.1, 0.15) is 13.8 Å². The van der Waals surface area contributed by atoms with Crippen molar-refractivity contribution in [3.63, 3.8) is 0 Å². The van der Waals surface area contributed by atoms with E-state index < -0.39 is 27.9 Å². The zero-order chi connectivity index (χ0) is 11.3. The maximum absolute atomic E-state index is 12.5. The lowest BCUT2D eigenvalue weighted by atomic mass is 10.2. The summed E-state index contributed by atoms with van der Waals surface area (Å²) >= 11 is 0. The van der Waals surface area contributed by atoms with Gasteiger partial charge in [-0.3, -0.25) is 10.1 Å². The fourth-order valence-electron chi connectivity index (χ4n) is 0.694. The van der Waals surface area contributed by atoms with Crippen molar-refractivity contribution in [2.24, 2.45) is 0 Å². The fraction of sp³-hybridized carbons (Fsp3) is 0.250. The zero-order valence-corrected chi connectivity index (χ0v) is 7.75. The molecule has 4 nitrogen and oxygen atoms in total. The number of anilines is 1. The van der Waals surface area contributed by atoms with Gasteiger partial charge in [0.1, 0.15) is 5.82 Å². The summed E-state index contributed by atoms with van der Waals surface area (Å²) in [6, 6.07) is 1.03. The SMILES string of the molecule is CC.Nc1cc([N+](=O)[O-])c(F)cc1F. The molecule has 1 aromatic carbocycles. The van der Waals surface area contributed by atoms with Crippen molar-refractivity contribution in [2.75, 3.05) is 5.73 Å². The van der Waals surface area contributed by atoms with Crippen LogP contribution in [0.25, 0.3) is 0 Å². The van der Waals surface area contributed by atoms with E-state index in [0.29, 0.717) is 12.1 Å². The van der Waals surface area contributed by atoms with Gasteiger partial charge in [-0.15, -0.1) is 0 Å². The summed E-state index contributed by atoms with van der Waals surface area (Å²) in [5.41, 5.74) is 3.71. The number of rotatable bonds is 1. The Morgan fingerprint density at radius 2 is 1.79 bits per heavy atom. The molecule has 0 heterocycles. The third-order valence-electron chi connectivity index (χ3n) is 1.26. The molecule has 0 atom stereocenters. The maximum atomic E-state index is 12.5. The van der Waals surface area contributed by atoms with Crippen LogP contribution >= 0.6 is 0 Å². The Morgan fingerprint density at radius 3 is 2.21 bits per heavy atom. The van der Waals surface area contributed by atoms with Gasteiger partial charge in [-0.2, -0.15) is 4.39 Å². The first-order valence-corrected chi connectivity index (χ1v) is 3.91. The third-order valence-corrected chi connectivity index (χ3v) is 1.26. The Bertz CT molecular complexity index is 342. The molecular formula is C8H10F2N2O2. The third kappa shape index (κ3) is 2.65. The van der Waals surface area contributed by atoms with Crippen LogP contribution < -0.4 is 5.73 Å². The molecule has 0 aliphatic carbocycles. The highest BCUT2D eigenvalue weighted by Crippen LogP contribution is 2.22. The molecule has 0 saturated carbocycles. The smallest absolute Gasteiger partial charge is 0.307 e. The normalized spacial score (nSPS) is 8.86. The lowest BCUT2D eigenvalue weighted by Gasteiger charge is -1.96. The number of hydrogen-bond acceptors (Lipinski definition) is 3. The minimum Gasteiger partial charge on any atom is -0.396 e. The Kier molecular flexibility index (Phi) is 4.48. The molecule has 0 fully saturated rings. The molecule has 0 aliphatic rings. The van der Waals surface area contributed by atoms with E-state index in [2.05, 4.69) is 0 Å². The average molecular weight is 204 g/mol. The predicted octanol–water partition coefficient (Wildman–Crippen LogP) is 2.48. The van der Waals surface area contributed by atoms with E-state index in [9.17, 15) is 18.9 Å². The van der Waals surface area contributed by atoms with Crippen LogP contribution in [-0.4, -0.2) is 4.92 Å². The van der Waals surface area contributed by atoms with E-state index in [0.717, 1.165) is 0 Å². The summed E-state index contributed by atoms with van der Waals surface area (Å²) in [4.78, 5) is 9.11. The highest BCUT2D eigenvalue weighted by Gasteiger charge is 2.16. The summed E-state index contributed by atoms with van der Waals surface area (Å²) in [5, 5.41) is 10.1. The number of nitrogen functional groups attached to an aromatic ring is 1. The van der Waals surface area contributed by atoms with Crippen LogP contribution in [0, 0.1) is 21.7 Å². The lowest BCUT2D eigenvalue weighted by Crippen LogP contribution is -1.97. The molecule has 0 aromatic heterocycles. The summed E-state index contributed by atoms with van der Waals surface area (Å²) in [7, 11) is 0. The molecular weight excluding hydrogens is 194 g/mol. The number of benzene rings is 1. The molecule has 0 amide bonds. The molecule has 0 aliphatic heterocycles. The van der Waals surface area contributed by atoms with Crippen molar-refractivity contribution >= 4 is 11.4 Å². The monoisotopic (exact) mass is 204 g/mol. The van der Waals surface area contributed by atoms with Gasteiger partial charge in [-0.05, 0) is 0 Å². The second-order valence-corrected chi connectivity index (χ2v) is 2.08. The first-order valence-electron chi connectivity index (χ1n) is 3.91. The molecule has 2 N–H and O–H groups in total. The summed E-state index contributed by atoms with van der Waals surface area (Å²) in [6.45, 7) is 4.00. The van der Waals surface area contributed by atoms with Gasteiger partial charge >= 0.3 is 5.69 Å². The molecule has 14 heavy (non-hydrogen) atoms. The Morgan fingerprint density at radius 1 is 1.29 bits per heavy atom. The van der Waals surface area contributed by atoms with Crippen molar-refractivity contribution in [2.45, 2.75) is 13.8 Å². The number of halogens is 2. The van der Waals surface area contributed by atoms with Crippen LogP contribution in [0.15, 0.2) is 12.1 Å². The molecule has 1 aromatic rings. The highest BCUT2D eigenvalue weighted by molar-refractivity contribution is 5.49. The van der Waals surface area contributed by atoms with Crippen molar-refractivity contribution in [1.82, 2.24) is 0 Å². The number of hydrogen-bond donors (Lipinski definition) is 1. The summed E-state index contributed by atoms with van der Waals surface area (Å²) in [5.74, 6) is -2.23. The topological polar surface area (TPSA) is 69.2 Å². The van der Waals surface area contributed by atoms with Crippen LogP contribution in [0.2, 0.25) is 0 Å². The average Bonchev–Trinajstić information content (AvgIpc) is 2.14. The Labute approximate surface area is 79.5 Å². The first-order chi connectivity index (χ1) is 6.52. The van der Waals surface area contributed by atoms with Gasteiger partial charge < -0.3 is 5.73 Å². The van der Waals surface area contributed by atoms with E-state index in [4.69, 9.17) is 5.73 Å². The second-order valence-electron chi connectivity index (χ2n) is 2.08. The minimum atomic E-state index is -1.23. The maximum Gasteiger partial charge on any atom is 0.307 e. The van der Waals surface area contributed by atoms with Crippen LogP contribution in [0.3, 0.4) is 0 Å². The molecule has 0 saturated heterocycles. The molecule has 1 rings (SSSR count). The van der Waals surface area contributed by atoms with Crippen LogP contribution in [0.5, 0.6) is 0 Å². The lowest BCUT2D eigenvalue weighted by molar-refractivity contribution is -0.387. The zero-order valence-electron chi connectivity index (χ0n) is 7.75. The van der Waals surface area contributed by atoms with Crippen molar-refractivity contribution in [3.05, 3.63) is 33.9 Å². The highest BCUT2D eigenvalue weighted by atomic mass is 19.1. The molecule has 0 unspecified atom stereocenters. The largest absolute Gasteiger partial charge is 0.396 e. The predicted molar refractivity (Wildman–Crippen MR) is 48.8 cm³/mol. The number of nitrogens with zero attached hydrogens (tertiary/aromatic N) is 1. The van der Waals surface area contributed by atoms with Gasteiger partial charge in [0.2, 0.25) is 5.82 Å².